The van der Waals surface area contributed by atoms with Crippen molar-refractivity contribution >= 4 is 69.1 Å². The van der Waals surface area contributed by atoms with Crippen molar-refractivity contribution in [3.63, 3.8) is 0 Å². The van der Waals surface area contributed by atoms with Crippen LogP contribution in [0.25, 0.3) is 44.2 Å². The predicted octanol–water partition coefficient (Wildman–Crippen LogP) is 10.5. The summed E-state index contributed by atoms with van der Waals surface area (Å²) in [7, 11) is 0. The summed E-state index contributed by atoms with van der Waals surface area (Å²) in [6.07, 6.45) is 12.2. The molecule has 4 heterocycles. The van der Waals surface area contributed by atoms with Gasteiger partial charge in [-0.25, -0.2) is 27.5 Å². The Labute approximate surface area is 342 Å². The van der Waals surface area contributed by atoms with Crippen LogP contribution in [0, 0.1) is 23.3 Å². The SMILES string of the molecule is O=C1C(=O)c2c(F)cc(F)cc2/C1=C/c1nc2c(s1)-c1cc3c(cc1OCCCCCCC2)-c1sc(/C=C2\C(=O)C(=O)c4c(F)cc(F)cc42)nc1C1(CCCCC1)O3. The summed E-state index contributed by atoms with van der Waals surface area (Å²) >= 11 is 2.57. The fourth-order valence-corrected chi connectivity index (χ4v) is 11.1. The van der Waals surface area contributed by atoms with Crippen molar-refractivity contribution < 1.29 is 46.2 Å². The van der Waals surface area contributed by atoms with Gasteiger partial charge in [0.05, 0.1) is 33.2 Å². The summed E-state index contributed by atoms with van der Waals surface area (Å²) < 4.78 is 71.7. The third-order valence-corrected chi connectivity index (χ3v) is 13.8. The van der Waals surface area contributed by atoms with Crippen LogP contribution >= 0.6 is 22.7 Å². The second-order valence-corrected chi connectivity index (χ2v) is 17.5. The first-order valence-corrected chi connectivity index (χ1v) is 21.2. The number of benzene rings is 3. The van der Waals surface area contributed by atoms with E-state index < -0.39 is 63.1 Å². The molecule has 59 heavy (non-hydrogen) atoms. The number of thiazole rings is 2. The van der Waals surface area contributed by atoms with Gasteiger partial charge in [0.25, 0.3) is 0 Å². The van der Waals surface area contributed by atoms with E-state index in [1.165, 1.54) is 34.8 Å². The second-order valence-electron chi connectivity index (χ2n) is 15.5. The number of ether oxygens (including phenoxy) is 2. The van der Waals surface area contributed by atoms with Crippen LogP contribution in [0.5, 0.6) is 11.5 Å². The first-order valence-electron chi connectivity index (χ1n) is 19.6. The van der Waals surface area contributed by atoms with Crippen LogP contribution in [0.4, 0.5) is 17.6 Å². The number of Topliss-reactive ketones (excluding diaryl/α,β-unsaturated/α-hetero) is 4. The number of halogens is 4. The average Bonchev–Trinajstić information content (AvgIpc) is 3.93. The van der Waals surface area contributed by atoms with Crippen molar-refractivity contribution in [2.75, 3.05) is 6.61 Å². The van der Waals surface area contributed by atoms with Crippen molar-refractivity contribution in [1.82, 2.24) is 9.97 Å². The van der Waals surface area contributed by atoms with Gasteiger partial charge in [-0.05, 0) is 81.4 Å². The molecule has 2 aromatic heterocycles. The van der Waals surface area contributed by atoms with Gasteiger partial charge in [0.2, 0.25) is 23.1 Å². The standard InChI is InChI=1S/C45H32F4N2O6S2/c46-21-13-23-25(38(52)40(54)36(23)29(48)15-21)19-34-50-31-9-5-2-1-3-8-12-56-32-17-28-33(18-27(32)42(31)58-34)57-45(10-6-4-7-11-45)44-43(28)59-35(51-44)20-26-24-14-22(47)16-30(49)37(24)41(55)39(26)53/h13-20H,1-12H2/b25-19-,26-20-. The quantitative estimate of drug-likeness (QED) is 0.0981. The molecule has 1 spiro atoms. The van der Waals surface area contributed by atoms with Crippen molar-refractivity contribution in [2.45, 2.75) is 76.2 Å². The molecule has 10 rings (SSSR count). The Hall–Kier alpha value is -5.60. The number of aryl methyl sites for hydroxylation is 1. The number of rotatable bonds is 2. The number of carbonyl (C=O) groups excluding carboxylic acids is 4. The molecule has 1 fully saturated rings. The highest BCUT2D eigenvalue weighted by molar-refractivity contribution is 7.16. The molecule has 5 aliphatic rings. The largest absolute Gasteiger partial charge is 0.493 e. The molecule has 0 saturated heterocycles. The number of fused-ring (bicyclic) bond motifs is 9. The zero-order valence-electron chi connectivity index (χ0n) is 31.3. The lowest BCUT2D eigenvalue weighted by Gasteiger charge is -2.40. The van der Waals surface area contributed by atoms with Crippen LogP contribution in [0.3, 0.4) is 0 Å². The third kappa shape index (κ3) is 6.21. The van der Waals surface area contributed by atoms with Gasteiger partial charge in [0.1, 0.15) is 50.5 Å². The van der Waals surface area contributed by atoms with E-state index in [1.807, 2.05) is 12.1 Å². The summed E-state index contributed by atoms with van der Waals surface area (Å²) in [5.74, 6) is -6.79. The van der Waals surface area contributed by atoms with E-state index in [4.69, 9.17) is 19.4 Å². The Bertz CT molecular complexity index is 2780. The molecule has 8 nitrogen and oxygen atoms in total. The number of allylic oxidation sites excluding steroid dienone is 2. The van der Waals surface area contributed by atoms with E-state index in [0.29, 0.717) is 76.3 Å². The topological polar surface area (TPSA) is 113 Å². The Balaban J connectivity index is 1.12. The molecular weight excluding hydrogens is 805 g/mol. The Morgan fingerprint density at radius 2 is 1.12 bits per heavy atom. The van der Waals surface area contributed by atoms with Gasteiger partial charge in [-0.1, -0.05) is 25.7 Å². The summed E-state index contributed by atoms with van der Waals surface area (Å²) in [6.45, 7) is 0.432. The van der Waals surface area contributed by atoms with E-state index in [0.717, 1.165) is 78.9 Å². The van der Waals surface area contributed by atoms with Crippen LogP contribution in [-0.2, 0) is 21.6 Å². The van der Waals surface area contributed by atoms with Crippen molar-refractivity contribution in [3.05, 3.63) is 103 Å². The van der Waals surface area contributed by atoms with Crippen LogP contribution in [0.15, 0.2) is 36.4 Å². The minimum Gasteiger partial charge on any atom is -0.493 e. The highest BCUT2D eigenvalue weighted by atomic mass is 32.1. The molecule has 3 aromatic carbocycles. The molecule has 2 aliphatic heterocycles. The van der Waals surface area contributed by atoms with E-state index in [-0.39, 0.29) is 22.3 Å². The summed E-state index contributed by atoms with van der Waals surface area (Å²) in [6, 6.07) is 7.01. The van der Waals surface area contributed by atoms with E-state index in [2.05, 4.69) is 0 Å². The minimum atomic E-state index is -1.09. The monoisotopic (exact) mass is 836 g/mol. The number of ketones is 4. The van der Waals surface area contributed by atoms with E-state index in [1.54, 1.807) is 0 Å². The minimum absolute atomic E-state index is 0.103. The first-order chi connectivity index (χ1) is 28.5. The van der Waals surface area contributed by atoms with Crippen molar-refractivity contribution in [2.24, 2.45) is 0 Å². The van der Waals surface area contributed by atoms with Gasteiger partial charge in [-0.2, -0.15) is 0 Å². The number of nitrogens with zero attached hydrogens (tertiary/aromatic N) is 2. The van der Waals surface area contributed by atoms with Crippen LogP contribution in [-0.4, -0.2) is 39.7 Å². The zero-order chi connectivity index (χ0) is 40.7. The zero-order valence-corrected chi connectivity index (χ0v) is 32.9. The summed E-state index contributed by atoms with van der Waals surface area (Å²) in [5.41, 5.74) is 0.692. The maximum absolute atomic E-state index is 14.7. The Kier molecular flexibility index (Phi) is 9.13. The molecule has 0 radical (unpaired) electrons. The molecule has 0 bridgehead atoms. The maximum Gasteiger partial charge on any atom is 0.237 e. The lowest BCUT2D eigenvalue weighted by atomic mass is 9.79. The van der Waals surface area contributed by atoms with Gasteiger partial charge >= 0.3 is 0 Å². The molecule has 0 amide bonds. The van der Waals surface area contributed by atoms with Crippen molar-refractivity contribution in [1.29, 1.82) is 0 Å². The molecule has 0 unspecified atom stereocenters. The Morgan fingerprint density at radius 3 is 1.78 bits per heavy atom. The molecular formula is C45H32F4N2O6S2. The maximum atomic E-state index is 14.7. The normalized spacial score (nSPS) is 19.7. The molecule has 3 aliphatic carbocycles. The van der Waals surface area contributed by atoms with Gasteiger partial charge in [0.15, 0.2) is 5.60 Å². The van der Waals surface area contributed by atoms with Crippen LogP contribution in [0.2, 0.25) is 0 Å². The lowest BCUT2D eigenvalue weighted by Crippen LogP contribution is -2.38. The summed E-state index contributed by atoms with van der Waals surface area (Å²) in [5, 5.41) is 0.762. The number of aromatic nitrogens is 2. The van der Waals surface area contributed by atoms with Gasteiger partial charge in [-0.15, -0.1) is 22.7 Å². The van der Waals surface area contributed by atoms with Gasteiger partial charge in [-0.3, -0.25) is 19.2 Å². The van der Waals surface area contributed by atoms with Crippen LogP contribution < -0.4 is 9.47 Å². The highest BCUT2D eigenvalue weighted by Crippen LogP contribution is 2.56. The number of hydrogen-bond acceptors (Lipinski definition) is 10. The van der Waals surface area contributed by atoms with Gasteiger partial charge in [0, 0.05) is 45.5 Å². The summed E-state index contributed by atoms with van der Waals surface area (Å²) in [4.78, 5) is 63.4. The first kappa shape index (κ1) is 37.7. The van der Waals surface area contributed by atoms with Crippen molar-refractivity contribution in [3.8, 4) is 32.4 Å². The number of hydrogen-bond donors (Lipinski definition) is 0. The average molecular weight is 837 g/mol. The molecule has 0 N–H and O–H groups in total. The number of carbonyl (C=O) groups is 4. The second kappa shape index (κ2) is 14.3. The smallest absolute Gasteiger partial charge is 0.237 e. The molecule has 0 atom stereocenters. The van der Waals surface area contributed by atoms with Crippen LogP contribution in [0.1, 0.15) is 117 Å². The van der Waals surface area contributed by atoms with E-state index in [9.17, 15) is 36.7 Å². The fourth-order valence-electron chi connectivity index (χ4n) is 8.93. The molecule has 14 heteroatoms. The Morgan fingerprint density at radius 1 is 0.576 bits per heavy atom. The third-order valence-electron chi connectivity index (χ3n) is 11.7. The highest BCUT2D eigenvalue weighted by Gasteiger charge is 2.46. The molecule has 5 aromatic rings. The lowest BCUT2D eigenvalue weighted by molar-refractivity contribution is -0.110. The van der Waals surface area contributed by atoms with E-state index >= 15 is 0 Å². The van der Waals surface area contributed by atoms with Gasteiger partial charge < -0.3 is 9.47 Å². The fraction of sp³-hybridized carbons (Fsp3) is 0.289. The molecule has 298 valence electrons. The molecule has 1 saturated carbocycles. The predicted molar refractivity (Wildman–Crippen MR) is 213 cm³/mol.